The molecule has 1 N–H and O–H groups in total. The maximum atomic E-state index is 12.8. The molecule has 10 heteroatoms. The Morgan fingerprint density at radius 3 is 2.64 bits per heavy atom. The fraction of sp³-hybridized carbons (Fsp3) is 0.261. The minimum atomic E-state index is -0.459. The first-order chi connectivity index (χ1) is 16.2. The van der Waals surface area contributed by atoms with Gasteiger partial charge in [-0.1, -0.05) is 61.5 Å². The zero-order valence-corrected chi connectivity index (χ0v) is 19.0. The Balaban J connectivity index is 1.58. The zero-order valence-electron chi connectivity index (χ0n) is 18.1. The highest BCUT2D eigenvalue weighted by Gasteiger charge is 2.19. The summed E-state index contributed by atoms with van der Waals surface area (Å²) < 4.78 is 5.39. The number of aromatic amines is 1. The van der Waals surface area contributed by atoms with Crippen molar-refractivity contribution in [1.29, 1.82) is 0 Å². The predicted octanol–water partition coefficient (Wildman–Crippen LogP) is 3.07. The SMILES string of the molecule is CCCCn1c(CSc2nnc3ccccn23)nc2c1c(=O)[nH]c(=O)n2Cc1ccccc1. The summed E-state index contributed by atoms with van der Waals surface area (Å²) in [6.45, 7) is 3.08. The normalized spacial score (nSPS) is 11.5. The molecule has 1 aromatic carbocycles. The van der Waals surface area contributed by atoms with E-state index < -0.39 is 11.2 Å². The van der Waals surface area contributed by atoms with Gasteiger partial charge in [-0.2, -0.15) is 0 Å². The molecule has 0 radical (unpaired) electrons. The van der Waals surface area contributed by atoms with E-state index in [-0.39, 0.29) is 0 Å². The fourth-order valence-corrected chi connectivity index (χ4v) is 4.72. The molecule has 0 bridgehead atoms. The summed E-state index contributed by atoms with van der Waals surface area (Å²) in [5.74, 6) is 1.22. The lowest BCUT2D eigenvalue weighted by Crippen LogP contribution is -2.31. The summed E-state index contributed by atoms with van der Waals surface area (Å²) in [5.41, 5.74) is 1.70. The molecule has 0 aliphatic rings. The van der Waals surface area contributed by atoms with Crippen LogP contribution in [0.1, 0.15) is 31.2 Å². The number of aryl methyl sites for hydroxylation is 1. The number of hydrogen-bond acceptors (Lipinski definition) is 6. The van der Waals surface area contributed by atoms with Crippen molar-refractivity contribution in [3.05, 3.63) is 87.0 Å². The number of nitrogens with zero attached hydrogens (tertiary/aromatic N) is 6. The predicted molar refractivity (Wildman–Crippen MR) is 128 cm³/mol. The molecular weight excluding hydrogens is 438 g/mol. The number of pyridine rings is 1. The molecule has 4 heterocycles. The lowest BCUT2D eigenvalue weighted by Gasteiger charge is -2.08. The number of rotatable bonds is 8. The average Bonchev–Trinajstić information content (AvgIpc) is 3.41. The van der Waals surface area contributed by atoms with Gasteiger partial charge >= 0.3 is 5.69 Å². The third-order valence-corrected chi connectivity index (χ3v) is 6.44. The zero-order chi connectivity index (χ0) is 22.8. The quantitative estimate of drug-likeness (QED) is 0.356. The Kier molecular flexibility index (Phi) is 5.82. The fourth-order valence-electron chi connectivity index (χ4n) is 3.84. The monoisotopic (exact) mass is 461 g/mol. The van der Waals surface area contributed by atoms with E-state index in [0.29, 0.717) is 30.0 Å². The molecule has 0 aliphatic heterocycles. The van der Waals surface area contributed by atoms with E-state index >= 15 is 0 Å². The van der Waals surface area contributed by atoms with E-state index in [1.54, 1.807) is 0 Å². The van der Waals surface area contributed by atoms with Crippen molar-refractivity contribution in [3.63, 3.8) is 0 Å². The molecular formula is C23H23N7O2S. The van der Waals surface area contributed by atoms with Gasteiger partial charge in [-0.3, -0.25) is 18.7 Å². The van der Waals surface area contributed by atoms with Crippen LogP contribution in [0.15, 0.2) is 69.5 Å². The van der Waals surface area contributed by atoms with Gasteiger partial charge in [-0.15, -0.1) is 10.2 Å². The molecule has 5 rings (SSSR count). The van der Waals surface area contributed by atoms with E-state index in [4.69, 9.17) is 4.98 Å². The molecule has 0 saturated carbocycles. The van der Waals surface area contributed by atoms with Gasteiger partial charge in [-0.05, 0) is 24.1 Å². The maximum Gasteiger partial charge on any atom is 0.330 e. The molecule has 0 amide bonds. The smallest absolute Gasteiger partial charge is 0.321 e. The van der Waals surface area contributed by atoms with E-state index in [9.17, 15) is 9.59 Å². The van der Waals surface area contributed by atoms with Crippen LogP contribution >= 0.6 is 11.8 Å². The molecule has 33 heavy (non-hydrogen) atoms. The second-order valence-corrected chi connectivity index (χ2v) is 8.68. The van der Waals surface area contributed by atoms with Gasteiger partial charge in [0.05, 0.1) is 12.3 Å². The summed E-state index contributed by atoms with van der Waals surface area (Å²) in [6.07, 6.45) is 3.79. The number of imidazole rings is 1. The number of aromatic nitrogens is 7. The topological polar surface area (TPSA) is 103 Å². The summed E-state index contributed by atoms with van der Waals surface area (Å²) in [6, 6.07) is 15.4. The van der Waals surface area contributed by atoms with Gasteiger partial charge in [0.2, 0.25) is 0 Å². The molecule has 0 unspecified atom stereocenters. The maximum absolute atomic E-state index is 12.8. The van der Waals surface area contributed by atoms with E-state index in [2.05, 4.69) is 22.1 Å². The van der Waals surface area contributed by atoms with Crippen LogP contribution in [0.2, 0.25) is 0 Å². The molecule has 0 spiro atoms. The Bertz CT molecular complexity index is 1530. The first-order valence-corrected chi connectivity index (χ1v) is 11.8. The van der Waals surface area contributed by atoms with Crippen LogP contribution < -0.4 is 11.2 Å². The third-order valence-electron chi connectivity index (χ3n) is 5.50. The third kappa shape index (κ3) is 4.09. The highest BCUT2D eigenvalue weighted by Crippen LogP contribution is 2.24. The van der Waals surface area contributed by atoms with Crippen LogP contribution in [0.4, 0.5) is 0 Å². The lowest BCUT2D eigenvalue weighted by molar-refractivity contribution is 0.626. The number of benzene rings is 1. The highest BCUT2D eigenvalue weighted by atomic mass is 32.2. The molecule has 5 aromatic rings. The second kappa shape index (κ2) is 9.07. The van der Waals surface area contributed by atoms with Crippen LogP contribution in [0.5, 0.6) is 0 Å². The molecule has 168 valence electrons. The summed E-state index contributed by atoms with van der Waals surface area (Å²) in [7, 11) is 0. The van der Waals surface area contributed by atoms with Gasteiger partial charge in [0.25, 0.3) is 5.56 Å². The van der Waals surface area contributed by atoms with Gasteiger partial charge in [0.1, 0.15) is 5.82 Å². The summed E-state index contributed by atoms with van der Waals surface area (Å²) in [4.78, 5) is 32.8. The Morgan fingerprint density at radius 1 is 1.00 bits per heavy atom. The number of hydrogen-bond donors (Lipinski definition) is 1. The Labute approximate surface area is 193 Å². The van der Waals surface area contributed by atoms with Gasteiger partial charge in [0.15, 0.2) is 22.0 Å². The first-order valence-electron chi connectivity index (χ1n) is 10.8. The van der Waals surface area contributed by atoms with Crippen molar-refractivity contribution in [2.24, 2.45) is 0 Å². The largest absolute Gasteiger partial charge is 0.330 e. The van der Waals surface area contributed by atoms with Crippen molar-refractivity contribution in [1.82, 2.24) is 33.7 Å². The number of unbranched alkanes of at least 4 members (excludes halogenated alkanes) is 1. The van der Waals surface area contributed by atoms with Crippen molar-refractivity contribution in [2.45, 2.75) is 43.8 Å². The minimum absolute atomic E-state index is 0.332. The first kappa shape index (κ1) is 21.2. The second-order valence-electron chi connectivity index (χ2n) is 7.74. The molecule has 4 aromatic heterocycles. The van der Waals surface area contributed by atoms with Crippen LogP contribution in [0, 0.1) is 0 Å². The number of fused-ring (bicyclic) bond motifs is 2. The van der Waals surface area contributed by atoms with Gasteiger partial charge in [0, 0.05) is 12.7 Å². The Hall–Kier alpha value is -3.66. The number of nitrogens with one attached hydrogen (secondary N) is 1. The molecule has 0 aliphatic carbocycles. The van der Waals surface area contributed by atoms with Crippen LogP contribution in [0.3, 0.4) is 0 Å². The molecule has 0 atom stereocenters. The van der Waals surface area contributed by atoms with E-state index in [1.807, 2.05) is 63.7 Å². The standard InChI is InChI=1S/C23H23N7O2S/c1-2-3-12-28-18(15-33-23-27-26-17-11-7-8-13-29(17)23)24-20-19(28)21(31)25-22(32)30(20)14-16-9-5-4-6-10-16/h4-11,13H,2-3,12,14-15H2,1H3,(H,25,31,32). The van der Waals surface area contributed by atoms with Crippen molar-refractivity contribution in [2.75, 3.05) is 0 Å². The van der Waals surface area contributed by atoms with Gasteiger partial charge in [-0.25, -0.2) is 9.78 Å². The van der Waals surface area contributed by atoms with Crippen LogP contribution in [0.25, 0.3) is 16.8 Å². The molecule has 9 nitrogen and oxygen atoms in total. The molecule has 0 fully saturated rings. The van der Waals surface area contributed by atoms with Gasteiger partial charge < -0.3 is 4.57 Å². The van der Waals surface area contributed by atoms with Crippen molar-refractivity contribution < 1.29 is 0 Å². The summed E-state index contributed by atoms with van der Waals surface area (Å²) in [5, 5.41) is 9.22. The summed E-state index contributed by atoms with van der Waals surface area (Å²) >= 11 is 1.50. The average molecular weight is 462 g/mol. The van der Waals surface area contributed by atoms with Crippen LogP contribution in [-0.4, -0.2) is 33.7 Å². The van der Waals surface area contributed by atoms with Crippen molar-refractivity contribution in [3.8, 4) is 0 Å². The van der Waals surface area contributed by atoms with Crippen molar-refractivity contribution >= 4 is 28.6 Å². The Morgan fingerprint density at radius 2 is 1.82 bits per heavy atom. The number of thioether (sulfide) groups is 1. The van der Waals surface area contributed by atoms with E-state index in [1.165, 1.54) is 16.3 Å². The van der Waals surface area contributed by atoms with Crippen LogP contribution in [-0.2, 0) is 18.8 Å². The molecule has 0 saturated heterocycles. The highest BCUT2D eigenvalue weighted by molar-refractivity contribution is 7.98. The number of H-pyrrole nitrogens is 1. The minimum Gasteiger partial charge on any atom is -0.321 e. The van der Waals surface area contributed by atoms with E-state index in [0.717, 1.165) is 35.0 Å². The lowest BCUT2D eigenvalue weighted by atomic mass is 10.2.